The lowest BCUT2D eigenvalue weighted by Crippen LogP contribution is -2.09. The minimum Gasteiger partial charge on any atom is -0.325 e. The van der Waals surface area contributed by atoms with Crippen LogP contribution in [0.1, 0.15) is 29.3 Å². The smallest absolute Gasteiger partial charge is 0.256 e. The topological polar surface area (TPSA) is 99.8 Å². The predicted octanol–water partition coefficient (Wildman–Crippen LogP) is 4.58. The number of para-hydroxylation sites is 1. The van der Waals surface area contributed by atoms with E-state index in [0.29, 0.717) is 16.9 Å². The molecule has 7 nitrogen and oxygen atoms in total. The molecule has 0 saturated heterocycles. The van der Waals surface area contributed by atoms with E-state index in [1.54, 1.807) is 18.5 Å². The van der Waals surface area contributed by atoms with E-state index in [1.165, 1.54) is 6.92 Å². The molecular weight excluding hydrogens is 402 g/mol. The number of amides is 2. The van der Waals surface area contributed by atoms with Crippen LogP contribution in [0.15, 0.2) is 60.9 Å². The summed E-state index contributed by atoms with van der Waals surface area (Å²) < 4.78 is 0. The second-order valence-electron chi connectivity index (χ2n) is 7.45. The van der Waals surface area contributed by atoms with Gasteiger partial charge in [-0.15, -0.1) is 0 Å². The number of hydrogen-bond acceptors (Lipinski definition) is 4. The average Bonchev–Trinajstić information content (AvgIpc) is 3.34. The van der Waals surface area contributed by atoms with Crippen molar-refractivity contribution in [3.8, 4) is 0 Å². The molecule has 0 spiro atoms. The zero-order chi connectivity index (χ0) is 22.1. The van der Waals surface area contributed by atoms with Gasteiger partial charge in [-0.2, -0.15) is 5.10 Å². The Morgan fingerprint density at radius 3 is 2.69 bits per heavy atom. The Kier molecular flexibility index (Phi) is 4.84. The molecule has 1 aliphatic rings. The fourth-order valence-corrected chi connectivity index (χ4v) is 3.74. The number of nitrogens with one attached hydrogen (secondary N) is 3. The number of carbonyl (C=O) groups is 2. The molecule has 3 heterocycles. The van der Waals surface area contributed by atoms with Crippen molar-refractivity contribution < 1.29 is 9.59 Å². The third-order valence-corrected chi connectivity index (χ3v) is 5.22. The van der Waals surface area contributed by atoms with Gasteiger partial charge in [-0.05, 0) is 53.6 Å². The summed E-state index contributed by atoms with van der Waals surface area (Å²) in [7, 11) is 0. The Bertz CT molecular complexity index is 1420. The normalized spacial score (nSPS) is 14.2. The van der Waals surface area contributed by atoms with Crippen LogP contribution in [0.2, 0.25) is 0 Å². The van der Waals surface area contributed by atoms with Crippen LogP contribution in [0.3, 0.4) is 0 Å². The Hall–Kier alpha value is -4.52. The monoisotopic (exact) mass is 421 g/mol. The molecule has 2 amide bonds. The number of pyridine rings is 1. The number of nitrogens with zero attached hydrogens (tertiary/aromatic N) is 2. The summed E-state index contributed by atoms with van der Waals surface area (Å²) in [5.74, 6) is -0.396. The Morgan fingerprint density at radius 1 is 1.03 bits per heavy atom. The van der Waals surface area contributed by atoms with Gasteiger partial charge in [0, 0.05) is 35.8 Å². The number of hydrogen-bond donors (Lipinski definition) is 3. The molecule has 2 aromatic carbocycles. The number of anilines is 2. The largest absolute Gasteiger partial charge is 0.325 e. The van der Waals surface area contributed by atoms with Gasteiger partial charge in [-0.3, -0.25) is 19.7 Å². The van der Waals surface area contributed by atoms with Crippen LogP contribution in [-0.2, 0) is 9.59 Å². The molecule has 0 bridgehead atoms. The van der Waals surface area contributed by atoms with Crippen LogP contribution < -0.4 is 10.6 Å². The second-order valence-corrected chi connectivity index (χ2v) is 7.45. The van der Waals surface area contributed by atoms with Crippen LogP contribution >= 0.6 is 0 Å². The minimum absolute atomic E-state index is 0.191. The van der Waals surface area contributed by atoms with Gasteiger partial charge in [-0.1, -0.05) is 24.3 Å². The molecule has 156 valence electrons. The van der Waals surface area contributed by atoms with Crippen molar-refractivity contribution in [1.82, 2.24) is 15.2 Å². The highest BCUT2D eigenvalue weighted by Crippen LogP contribution is 2.38. The van der Waals surface area contributed by atoms with Crippen molar-refractivity contribution in [3.63, 3.8) is 0 Å². The molecule has 5 rings (SSSR count). The lowest BCUT2D eigenvalue weighted by molar-refractivity contribution is -0.114. The van der Waals surface area contributed by atoms with Gasteiger partial charge < -0.3 is 10.6 Å². The van der Waals surface area contributed by atoms with Crippen molar-refractivity contribution in [2.24, 2.45) is 0 Å². The van der Waals surface area contributed by atoms with Gasteiger partial charge in [-0.25, -0.2) is 0 Å². The third kappa shape index (κ3) is 3.67. The van der Waals surface area contributed by atoms with Crippen LogP contribution in [-0.4, -0.2) is 27.0 Å². The van der Waals surface area contributed by atoms with Crippen LogP contribution in [0, 0.1) is 0 Å². The van der Waals surface area contributed by atoms with E-state index in [-0.39, 0.29) is 11.8 Å². The summed E-state index contributed by atoms with van der Waals surface area (Å²) >= 11 is 0. The highest BCUT2D eigenvalue weighted by Gasteiger charge is 2.26. The summed E-state index contributed by atoms with van der Waals surface area (Å²) in [6.07, 6.45) is 9.28. The Labute approximate surface area is 183 Å². The van der Waals surface area contributed by atoms with E-state index >= 15 is 0 Å². The summed E-state index contributed by atoms with van der Waals surface area (Å²) in [5.41, 5.74) is 6.12. The van der Waals surface area contributed by atoms with Crippen molar-refractivity contribution in [2.75, 3.05) is 10.6 Å². The molecule has 7 heteroatoms. The van der Waals surface area contributed by atoms with E-state index in [4.69, 9.17) is 0 Å². The standard InChI is InChI=1S/C25H19N5O2/c1-15(31)27-22-4-2-3-18-20(25(32)28-24(18)22)13-17-5-7-19-21(29-30-23(19)14-17)8-6-16-9-11-26-12-10-16/h2-14H,1H3,(H,27,31)(H,28,32)(H,29,30)/b8-6+,20-13+. The van der Waals surface area contributed by atoms with Crippen molar-refractivity contribution in [2.45, 2.75) is 6.92 Å². The molecule has 4 aromatic rings. The van der Waals surface area contributed by atoms with Crippen LogP contribution in [0.5, 0.6) is 0 Å². The zero-order valence-electron chi connectivity index (χ0n) is 17.2. The van der Waals surface area contributed by atoms with Crippen LogP contribution in [0.25, 0.3) is 34.7 Å². The van der Waals surface area contributed by atoms with E-state index in [9.17, 15) is 9.59 Å². The highest BCUT2D eigenvalue weighted by molar-refractivity contribution is 6.36. The quantitative estimate of drug-likeness (QED) is 0.420. The summed E-state index contributed by atoms with van der Waals surface area (Å²) in [6.45, 7) is 1.44. The fraction of sp³-hybridized carbons (Fsp3) is 0.0400. The number of carbonyl (C=O) groups excluding carboxylic acids is 2. The number of rotatable bonds is 4. The molecule has 0 atom stereocenters. The van der Waals surface area contributed by atoms with Gasteiger partial charge in [0.1, 0.15) is 0 Å². The molecule has 2 aromatic heterocycles. The average molecular weight is 421 g/mol. The van der Waals surface area contributed by atoms with E-state index < -0.39 is 0 Å². The minimum atomic E-state index is -0.205. The number of aromatic amines is 1. The van der Waals surface area contributed by atoms with Crippen molar-refractivity contribution in [1.29, 1.82) is 0 Å². The summed E-state index contributed by atoms with van der Waals surface area (Å²) in [5, 5.41) is 14.1. The van der Waals surface area contributed by atoms with E-state index in [0.717, 1.165) is 33.3 Å². The van der Waals surface area contributed by atoms with Gasteiger partial charge in [0.2, 0.25) is 5.91 Å². The van der Waals surface area contributed by atoms with E-state index in [1.807, 2.05) is 60.7 Å². The Balaban J connectivity index is 1.47. The first-order valence-corrected chi connectivity index (χ1v) is 10.1. The molecule has 0 fully saturated rings. The number of aromatic nitrogens is 3. The molecular formula is C25H19N5O2. The predicted molar refractivity (Wildman–Crippen MR) is 127 cm³/mol. The summed E-state index contributed by atoms with van der Waals surface area (Å²) in [6, 6.07) is 15.2. The second kappa shape index (κ2) is 7.96. The van der Waals surface area contributed by atoms with E-state index in [2.05, 4.69) is 25.8 Å². The lowest BCUT2D eigenvalue weighted by Gasteiger charge is -2.07. The van der Waals surface area contributed by atoms with Crippen molar-refractivity contribution in [3.05, 3.63) is 83.3 Å². The number of fused-ring (bicyclic) bond motifs is 2. The Morgan fingerprint density at radius 2 is 1.88 bits per heavy atom. The maximum atomic E-state index is 12.6. The fourth-order valence-electron chi connectivity index (χ4n) is 3.74. The maximum Gasteiger partial charge on any atom is 0.256 e. The lowest BCUT2D eigenvalue weighted by atomic mass is 10.0. The van der Waals surface area contributed by atoms with Gasteiger partial charge in [0.05, 0.1) is 22.6 Å². The highest BCUT2D eigenvalue weighted by atomic mass is 16.2. The third-order valence-electron chi connectivity index (χ3n) is 5.22. The molecule has 0 radical (unpaired) electrons. The van der Waals surface area contributed by atoms with Crippen LogP contribution in [0.4, 0.5) is 11.4 Å². The molecule has 32 heavy (non-hydrogen) atoms. The first-order chi connectivity index (χ1) is 15.6. The number of H-pyrrole nitrogens is 1. The molecule has 0 aliphatic carbocycles. The van der Waals surface area contributed by atoms with Gasteiger partial charge >= 0.3 is 0 Å². The number of benzene rings is 2. The van der Waals surface area contributed by atoms with Gasteiger partial charge in [0.25, 0.3) is 5.91 Å². The molecule has 0 saturated carbocycles. The summed E-state index contributed by atoms with van der Waals surface area (Å²) in [4.78, 5) is 28.1. The molecule has 3 N–H and O–H groups in total. The SMILES string of the molecule is CC(=O)Nc1cccc2c1NC(=O)/C2=C/c1ccc2c(/C=C/c3ccncc3)n[nH]c2c1. The van der Waals surface area contributed by atoms with Gasteiger partial charge in [0.15, 0.2) is 0 Å². The van der Waals surface area contributed by atoms with Crippen molar-refractivity contribution >= 4 is 57.9 Å². The first-order valence-electron chi connectivity index (χ1n) is 10.1. The maximum absolute atomic E-state index is 12.6. The zero-order valence-corrected chi connectivity index (χ0v) is 17.2. The molecule has 0 unspecified atom stereocenters. The first kappa shape index (κ1) is 19.4. The molecule has 1 aliphatic heterocycles.